The van der Waals surface area contributed by atoms with Crippen LogP contribution in [0.2, 0.25) is 0 Å². The third kappa shape index (κ3) is 2.34. The van der Waals surface area contributed by atoms with Gasteiger partial charge < -0.3 is 5.32 Å². The standard InChI is InChI=1S/C11H10N4O3/c1-8(16)12-11-6-7-14(13-11)9-4-2-3-5-10(9)15(17)18/h2-7H,1H3,(H,12,13,16). The van der Waals surface area contributed by atoms with E-state index >= 15 is 0 Å². The Kier molecular flexibility index (Phi) is 3.05. The summed E-state index contributed by atoms with van der Waals surface area (Å²) < 4.78 is 1.35. The molecule has 0 unspecified atom stereocenters. The number of nitro groups is 1. The molecule has 0 aliphatic carbocycles. The minimum atomic E-state index is -0.477. The lowest BCUT2D eigenvalue weighted by atomic mass is 10.3. The number of carbonyl (C=O) groups excluding carboxylic acids is 1. The molecule has 2 rings (SSSR count). The molecule has 1 N–H and O–H groups in total. The molecule has 0 aliphatic heterocycles. The quantitative estimate of drug-likeness (QED) is 0.659. The van der Waals surface area contributed by atoms with Gasteiger partial charge in [-0.2, -0.15) is 0 Å². The van der Waals surface area contributed by atoms with Crippen molar-refractivity contribution in [3.05, 3.63) is 46.6 Å². The van der Waals surface area contributed by atoms with Crippen LogP contribution in [-0.4, -0.2) is 20.6 Å². The zero-order valence-corrected chi connectivity index (χ0v) is 9.53. The van der Waals surface area contributed by atoms with Crippen LogP contribution in [0, 0.1) is 10.1 Å². The molecule has 7 heteroatoms. The van der Waals surface area contributed by atoms with Gasteiger partial charge in [-0.05, 0) is 6.07 Å². The SMILES string of the molecule is CC(=O)Nc1ccn(-c2ccccc2[N+](=O)[O-])n1. The van der Waals surface area contributed by atoms with Gasteiger partial charge in [0, 0.05) is 25.3 Å². The van der Waals surface area contributed by atoms with Crippen LogP contribution in [0.25, 0.3) is 5.69 Å². The zero-order chi connectivity index (χ0) is 13.1. The second kappa shape index (κ2) is 4.66. The number of para-hydroxylation sites is 2. The zero-order valence-electron chi connectivity index (χ0n) is 9.53. The molecule has 0 radical (unpaired) electrons. The van der Waals surface area contributed by atoms with E-state index in [9.17, 15) is 14.9 Å². The number of anilines is 1. The Morgan fingerprint density at radius 2 is 2.11 bits per heavy atom. The maximum Gasteiger partial charge on any atom is 0.294 e. The van der Waals surface area contributed by atoms with Crippen molar-refractivity contribution in [1.82, 2.24) is 9.78 Å². The Morgan fingerprint density at radius 1 is 1.39 bits per heavy atom. The molecule has 0 atom stereocenters. The van der Waals surface area contributed by atoms with Gasteiger partial charge in [-0.15, -0.1) is 5.10 Å². The molecule has 0 bridgehead atoms. The molecule has 2 aromatic rings. The van der Waals surface area contributed by atoms with E-state index in [0.29, 0.717) is 11.5 Å². The van der Waals surface area contributed by atoms with E-state index in [4.69, 9.17) is 0 Å². The molecule has 0 spiro atoms. The molecule has 0 aliphatic rings. The Hall–Kier alpha value is -2.70. The topological polar surface area (TPSA) is 90.1 Å². The summed E-state index contributed by atoms with van der Waals surface area (Å²) in [5.41, 5.74) is 0.300. The highest BCUT2D eigenvalue weighted by molar-refractivity contribution is 5.87. The van der Waals surface area contributed by atoms with Crippen molar-refractivity contribution in [1.29, 1.82) is 0 Å². The van der Waals surface area contributed by atoms with E-state index in [-0.39, 0.29) is 11.6 Å². The molecule has 18 heavy (non-hydrogen) atoms. The summed E-state index contributed by atoms with van der Waals surface area (Å²) in [5, 5.41) is 17.4. The van der Waals surface area contributed by atoms with Gasteiger partial charge in [0.15, 0.2) is 5.82 Å². The maximum atomic E-state index is 10.9. The fourth-order valence-electron chi connectivity index (χ4n) is 1.52. The number of aromatic nitrogens is 2. The summed E-state index contributed by atoms with van der Waals surface area (Å²) >= 11 is 0. The predicted molar refractivity (Wildman–Crippen MR) is 64.5 cm³/mol. The number of benzene rings is 1. The van der Waals surface area contributed by atoms with Crippen LogP contribution in [0.4, 0.5) is 11.5 Å². The Balaban J connectivity index is 2.40. The highest BCUT2D eigenvalue weighted by atomic mass is 16.6. The first-order chi connectivity index (χ1) is 8.58. The number of hydrogen-bond donors (Lipinski definition) is 1. The van der Waals surface area contributed by atoms with Crippen LogP contribution in [0.15, 0.2) is 36.5 Å². The van der Waals surface area contributed by atoms with Crippen molar-refractivity contribution in [2.75, 3.05) is 5.32 Å². The minimum Gasteiger partial charge on any atom is -0.309 e. The molecule has 7 nitrogen and oxygen atoms in total. The Morgan fingerprint density at radius 3 is 2.78 bits per heavy atom. The van der Waals surface area contributed by atoms with E-state index in [1.54, 1.807) is 30.5 Å². The van der Waals surface area contributed by atoms with Crippen LogP contribution in [-0.2, 0) is 4.79 Å². The van der Waals surface area contributed by atoms with Crippen molar-refractivity contribution in [3.8, 4) is 5.69 Å². The van der Waals surface area contributed by atoms with E-state index < -0.39 is 4.92 Å². The summed E-state index contributed by atoms with van der Waals surface area (Å²) in [6.45, 7) is 1.37. The number of nitrogens with one attached hydrogen (secondary N) is 1. The van der Waals surface area contributed by atoms with E-state index in [1.807, 2.05) is 0 Å². The minimum absolute atomic E-state index is 0.0463. The van der Waals surface area contributed by atoms with Gasteiger partial charge in [-0.3, -0.25) is 14.9 Å². The summed E-state index contributed by atoms with van der Waals surface area (Å²) in [4.78, 5) is 21.3. The van der Waals surface area contributed by atoms with Gasteiger partial charge >= 0.3 is 0 Å². The summed E-state index contributed by atoms with van der Waals surface area (Å²) in [6, 6.07) is 7.82. The summed E-state index contributed by atoms with van der Waals surface area (Å²) in [7, 11) is 0. The first kappa shape index (κ1) is 11.8. The molecule has 1 aromatic heterocycles. The van der Waals surface area contributed by atoms with Crippen LogP contribution < -0.4 is 5.32 Å². The molecule has 1 amide bonds. The second-order valence-electron chi connectivity index (χ2n) is 3.57. The number of carbonyl (C=O) groups is 1. The normalized spacial score (nSPS) is 10.1. The molecule has 0 fully saturated rings. The van der Waals surface area contributed by atoms with Crippen molar-refractivity contribution in [2.45, 2.75) is 6.92 Å². The van der Waals surface area contributed by atoms with E-state index in [1.165, 1.54) is 17.7 Å². The molecular formula is C11H10N4O3. The number of rotatable bonds is 3. The molecule has 1 aromatic carbocycles. The lowest BCUT2D eigenvalue weighted by Gasteiger charge is -2.02. The largest absolute Gasteiger partial charge is 0.309 e. The van der Waals surface area contributed by atoms with Crippen molar-refractivity contribution < 1.29 is 9.72 Å². The van der Waals surface area contributed by atoms with Gasteiger partial charge in [0.2, 0.25) is 5.91 Å². The average molecular weight is 246 g/mol. The predicted octanol–water partition coefficient (Wildman–Crippen LogP) is 1.74. The Labute approximate surface area is 102 Å². The number of nitrogens with zero attached hydrogens (tertiary/aromatic N) is 3. The maximum absolute atomic E-state index is 10.9. The molecule has 1 heterocycles. The monoisotopic (exact) mass is 246 g/mol. The second-order valence-corrected chi connectivity index (χ2v) is 3.57. The number of nitro benzene ring substituents is 1. The van der Waals surface area contributed by atoms with Gasteiger partial charge in [-0.1, -0.05) is 12.1 Å². The summed E-state index contributed by atoms with van der Waals surface area (Å²) in [5.74, 6) is 0.100. The lowest BCUT2D eigenvalue weighted by molar-refractivity contribution is -0.384. The van der Waals surface area contributed by atoms with Crippen molar-refractivity contribution in [3.63, 3.8) is 0 Å². The number of hydrogen-bond acceptors (Lipinski definition) is 4. The van der Waals surface area contributed by atoms with Crippen molar-refractivity contribution in [2.24, 2.45) is 0 Å². The first-order valence-corrected chi connectivity index (χ1v) is 5.15. The Bertz CT molecular complexity index is 606. The highest BCUT2D eigenvalue weighted by Crippen LogP contribution is 2.22. The molecular weight excluding hydrogens is 236 g/mol. The average Bonchev–Trinajstić information content (AvgIpc) is 2.76. The molecule has 92 valence electrons. The van der Waals surface area contributed by atoms with Gasteiger partial charge in [0.25, 0.3) is 5.69 Å². The van der Waals surface area contributed by atoms with E-state index in [2.05, 4.69) is 10.4 Å². The van der Waals surface area contributed by atoms with Crippen molar-refractivity contribution >= 4 is 17.4 Å². The number of amides is 1. The molecule has 0 saturated heterocycles. The highest BCUT2D eigenvalue weighted by Gasteiger charge is 2.14. The van der Waals surface area contributed by atoms with Crippen LogP contribution >= 0.6 is 0 Å². The third-order valence-electron chi connectivity index (χ3n) is 2.22. The van der Waals surface area contributed by atoms with Crippen LogP contribution in [0.3, 0.4) is 0 Å². The molecule has 0 saturated carbocycles. The first-order valence-electron chi connectivity index (χ1n) is 5.15. The van der Waals surface area contributed by atoms with Crippen LogP contribution in [0.5, 0.6) is 0 Å². The fraction of sp³-hybridized carbons (Fsp3) is 0.0909. The van der Waals surface area contributed by atoms with Gasteiger partial charge in [0.05, 0.1) is 4.92 Å². The van der Waals surface area contributed by atoms with E-state index in [0.717, 1.165) is 0 Å². The van der Waals surface area contributed by atoms with Gasteiger partial charge in [0.1, 0.15) is 5.69 Å². The third-order valence-corrected chi connectivity index (χ3v) is 2.22. The smallest absolute Gasteiger partial charge is 0.294 e. The lowest BCUT2D eigenvalue weighted by Crippen LogP contribution is -2.07. The fourth-order valence-corrected chi connectivity index (χ4v) is 1.52. The summed E-state index contributed by atoms with van der Waals surface area (Å²) in [6.07, 6.45) is 1.55. The van der Waals surface area contributed by atoms with Gasteiger partial charge in [-0.25, -0.2) is 4.68 Å². The van der Waals surface area contributed by atoms with Crippen LogP contribution in [0.1, 0.15) is 6.92 Å².